The summed E-state index contributed by atoms with van der Waals surface area (Å²) in [5.41, 5.74) is 5.97. The molecule has 0 amide bonds. The van der Waals surface area contributed by atoms with E-state index in [-0.39, 0.29) is 5.75 Å². The molecule has 0 fully saturated rings. The van der Waals surface area contributed by atoms with Crippen molar-refractivity contribution in [3.63, 3.8) is 0 Å². The zero-order valence-electron chi connectivity index (χ0n) is 9.21. The fraction of sp³-hybridized carbons (Fsp3) is 0.455. The number of hydrogen-bond acceptors (Lipinski definition) is 3. The molecule has 0 aliphatic heterocycles. The molecular weight excluding hydrogens is 197 g/mol. The molecule has 1 rings (SSSR count). The Balaban J connectivity index is 3.01. The Labute approximate surface area is 89.0 Å². The van der Waals surface area contributed by atoms with Gasteiger partial charge in [0.25, 0.3) is 0 Å². The number of rotatable bonds is 4. The molecular formula is C11H16FNO2. The zero-order chi connectivity index (χ0) is 11.5. The molecule has 84 valence electrons. The summed E-state index contributed by atoms with van der Waals surface area (Å²) >= 11 is 0. The smallest absolute Gasteiger partial charge is 0.165 e. The summed E-state index contributed by atoms with van der Waals surface area (Å²) in [6.07, 6.45) is 0. The van der Waals surface area contributed by atoms with E-state index in [0.29, 0.717) is 12.2 Å². The van der Waals surface area contributed by atoms with Crippen molar-refractivity contribution in [2.24, 2.45) is 5.73 Å². The maximum absolute atomic E-state index is 13.4. The van der Waals surface area contributed by atoms with Crippen molar-refractivity contribution < 1.29 is 13.9 Å². The summed E-state index contributed by atoms with van der Waals surface area (Å²) in [7, 11) is 2.99. The molecule has 0 saturated carbocycles. The Morgan fingerprint density at radius 1 is 1.40 bits per heavy atom. The summed E-state index contributed by atoms with van der Waals surface area (Å²) in [5, 5.41) is 0. The van der Waals surface area contributed by atoms with E-state index in [1.165, 1.54) is 13.2 Å². The lowest BCUT2D eigenvalue weighted by atomic mass is 9.94. The molecule has 0 aromatic heterocycles. The van der Waals surface area contributed by atoms with E-state index < -0.39 is 11.4 Å². The monoisotopic (exact) mass is 213 g/mol. The molecule has 0 saturated heterocycles. The van der Waals surface area contributed by atoms with Crippen LogP contribution in [0.2, 0.25) is 0 Å². The van der Waals surface area contributed by atoms with Gasteiger partial charge in [0.1, 0.15) is 0 Å². The highest BCUT2D eigenvalue weighted by atomic mass is 19.1. The third kappa shape index (κ3) is 2.67. The lowest BCUT2D eigenvalue weighted by molar-refractivity contribution is 0.141. The van der Waals surface area contributed by atoms with E-state index in [1.54, 1.807) is 26.2 Å². The second-order valence-electron chi connectivity index (χ2n) is 3.70. The van der Waals surface area contributed by atoms with E-state index in [1.807, 2.05) is 0 Å². The molecule has 0 heterocycles. The Kier molecular flexibility index (Phi) is 3.66. The summed E-state index contributed by atoms with van der Waals surface area (Å²) in [4.78, 5) is 0. The van der Waals surface area contributed by atoms with Crippen LogP contribution in [0, 0.1) is 5.82 Å². The highest BCUT2D eigenvalue weighted by molar-refractivity contribution is 5.33. The van der Waals surface area contributed by atoms with Crippen molar-refractivity contribution in [1.29, 1.82) is 0 Å². The number of nitrogens with two attached hydrogens (primary N) is 1. The molecule has 0 aliphatic rings. The summed E-state index contributed by atoms with van der Waals surface area (Å²) in [5.74, 6) is -0.199. The number of ether oxygens (including phenoxy) is 2. The van der Waals surface area contributed by atoms with Gasteiger partial charge in [0, 0.05) is 7.11 Å². The van der Waals surface area contributed by atoms with Crippen LogP contribution in [0.5, 0.6) is 5.75 Å². The maximum Gasteiger partial charge on any atom is 0.165 e. The molecule has 3 nitrogen and oxygen atoms in total. The van der Waals surface area contributed by atoms with Crippen molar-refractivity contribution in [2.75, 3.05) is 20.8 Å². The number of hydrogen-bond donors (Lipinski definition) is 1. The lowest BCUT2D eigenvalue weighted by Gasteiger charge is -2.24. The topological polar surface area (TPSA) is 44.5 Å². The molecule has 15 heavy (non-hydrogen) atoms. The Hall–Kier alpha value is -1.13. The van der Waals surface area contributed by atoms with E-state index in [2.05, 4.69) is 0 Å². The Morgan fingerprint density at radius 2 is 2.07 bits per heavy atom. The van der Waals surface area contributed by atoms with Gasteiger partial charge in [-0.1, -0.05) is 6.07 Å². The van der Waals surface area contributed by atoms with Crippen molar-refractivity contribution >= 4 is 0 Å². The van der Waals surface area contributed by atoms with Crippen LogP contribution in [-0.2, 0) is 10.3 Å². The van der Waals surface area contributed by atoms with Gasteiger partial charge >= 0.3 is 0 Å². The third-order valence-corrected chi connectivity index (χ3v) is 2.26. The highest BCUT2D eigenvalue weighted by Gasteiger charge is 2.22. The van der Waals surface area contributed by atoms with Crippen LogP contribution in [0.15, 0.2) is 18.2 Å². The van der Waals surface area contributed by atoms with Crippen LogP contribution < -0.4 is 10.5 Å². The first kappa shape index (κ1) is 11.9. The molecule has 2 N–H and O–H groups in total. The van der Waals surface area contributed by atoms with Crippen LogP contribution >= 0.6 is 0 Å². The Bertz CT molecular complexity index is 339. The minimum absolute atomic E-state index is 0.215. The molecule has 0 spiro atoms. The van der Waals surface area contributed by atoms with Crippen molar-refractivity contribution in [3.8, 4) is 5.75 Å². The minimum Gasteiger partial charge on any atom is -0.494 e. The average molecular weight is 213 g/mol. The molecule has 1 aromatic carbocycles. The molecule has 1 aromatic rings. The van der Waals surface area contributed by atoms with Crippen molar-refractivity contribution in [2.45, 2.75) is 12.5 Å². The van der Waals surface area contributed by atoms with E-state index in [9.17, 15) is 4.39 Å². The van der Waals surface area contributed by atoms with Crippen LogP contribution in [0.4, 0.5) is 4.39 Å². The minimum atomic E-state index is -0.693. The lowest BCUT2D eigenvalue weighted by Crippen LogP contribution is -2.37. The molecule has 0 aliphatic carbocycles. The van der Waals surface area contributed by atoms with Gasteiger partial charge in [-0.25, -0.2) is 4.39 Å². The number of halogens is 1. The first-order chi connectivity index (χ1) is 7.01. The van der Waals surface area contributed by atoms with Crippen LogP contribution in [0.1, 0.15) is 12.5 Å². The van der Waals surface area contributed by atoms with Gasteiger partial charge in [-0.3, -0.25) is 0 Å². The maximum atomic E-state index is 13.4. The Morgan fingerprint density at radius 3 is 2.53 bits per heavy atom. The molecule has 0 bridgehead atoms. The van der Waals surface area contributed by atoms with Crippen LogP contribution in [0.25, 0.3) is 0 Å². The fourth-order valence-corrected chi connectivity index (χ4v) is 1.40. The van der Waals surface area contributed by atoms with E-state index in [0.717, 1.165) is 0 Å². The van der Waals surface area contributed by atoms with Gasteiger partial charge in [0.05, 0.1) is 19.3 Å². The predicted octanol–water partition coefficient (Wildman–Crippen LogP) is 1.65. The standard InChI is InChI=1S/C11H16FNO2/c1-11(13,7-14-2)8-4-5-10(15-3)9(12)6-8/h4-6H,7,13H2,1-3H3. The zero-order valence-corrected chi connectivity index (χ0v) is 9.21. The molecule has 1 unspecified atom stereocenters. The van der Waals surface area contributed by atoms with Crippen LogP contribution in [-0.4, -0.2) is 20.8 Å². The highest BCUT2D eigenvalue weighted by Crippen LogP contribution is 2.24. The average Bonchev–Trinajstić information content (AvgIpc) is 2.17. The van der Waals surface area contributed by atoms with E-state index >= 15 is 0 Å². The normalized spacial score (nSPS) is 14.7. The quantitative estimate of drug-likeness (QED) is 0.827. The van der Waals surface area contributed by atoms with Gasteiger partial charge in [-0.2, -0.15) is 0 Å². The van der Waals surface area contributed by atoms with Crippen LogP contribution in [0.3, 0.4) is 0 Å². The van der Waals surface area contributed by atoms with Gasteiger partial charge < -0.3 is 15.2 Å². The number of benzene rings is 1. The van der Waals surface area contributed by atoms with Gasteiger partial charge in [-0.15, -0.1) is 0 Å². The summed E-state index contributed by atoms with van der Waals surface area (Å²) in [6.45, 7) is 2.12. The van der Waals surface area contributed by atoms with Gasteiger partial charge in [0.2, 0.25) is 0 Å². The van der Waals surface area contributed by atoms with Crippen molar-refractivity contribution in [1.82, 2.24) is 0 Å². The molecule has 4 heteroatoms. The SMILES string of the molecule is COCC(C)(N)c1ccc(OC)c(F)c1. The first-order valence-electron chi connectivity index (χ1n) is 4.63. The van der Waals surface area contributed by atoms with Crippen molar-refractivity contribution in [3.05, 3.63) is 29.6 Å². The van der Waals surface area contributed by atoms with Gasteiger partial charge in [-0.05, 0) is 24.6 Å². The second kappa shape index (κ2) is 4.59. The summed E-state index contributed by atoms with van der Waals surface area (Å²) < 4.78 is 23.2. The van der Waals surface area contributed by atoms with Gasteiger partial charge in [0.15, 0.2) is 11.6 Å². The number of methoxy groups -OCH3 is 2. The molecule has 0 radical (unpaired) electrons. The van der Waals surface area contributed by atoms with E-state index in [4.69, 9.17) is 15.2 Å². The third-order valence-electron chi connectivity index (χ3n) is 2.26. The second-order valence-corrected chi connectivity index (χ2v) is 3.70. The fourth-order valence-electron chi connectivity index (χ4n) is 1.40. The largest absolute Gasteiger partial charge is 0.494 e. The first-order valence-corrected chi connectivity index (χ1v) is 4.63. The predicted molar refractivity (Wildman–Crippen MR) is 56.4 cm³/mol. The molecule has 1 atom stereocenters. The summed E-state index contributed by atoms with van der Waals surface area (Å²) in [6, 6.07) is 4.67.